The Kier molecular flexibility index (Phi) is 4.29. The van der Waals surface area contributed by atoms with Crippen LogP contribution in [0.2, 0.25) is 0 Å². The van der Waals surface area contributed by atoms with Crippen molar-refractivity contribution in [2.24, 2.45) is 0 Å². The quantitative estimate of drug-likeness (QED) is 0.886. The number of rotatable bonds is 3. The summed E-state index contributed by atoms with van der Waals surface area (Å²) in [6.45, 7) is 0.863. The van der Waals surface area contributed by atoms with Gasteiger partial charge in [-0.1, -0.05) is 0 Å². The summed E-state index contributed by atoms with van der Waals surface area (Å²) in [6, 6.07) is 6.53. The highest BCUT2D eigenvalue weighted by Gasteiger charge is 2.29. The van der Waals surface area contributed by atoms with Crippen LogP contribution in [0, 0.1) is 0 Å². The number of carbonyl (C=O) groups is 1. The maximum Gasteiger partial charge on any atom is 0.243 e. The molecule has 0 saturated carbocycles. The Labute approximate surface area is 119 Å². The maximum atomic E-state index is 12.5. The highest BCUT2D eigenvalue weighted by molar-refractivity contribution is 7.89. The van der Waals surface area contributed by atoms with E-state index in [0.29, 0.717) is 19.5 Å². The molecule has 0 spiro atoms. The second kappa shape index (κ2) is 5.80. The fourth-order valence-electron chi connectivity index (χ4n) is 2.11. The molecule has 0 aliphatic carbocycles. The van der Waals surface area contributed by atoms with E-state index in [1.54, 1.807) is 43.3 Å². The zero-order chi connectivity index (χ0) is 14.8. The first-order chi connectivity index (χ1) is 9.45. The van der Waals surface area contributed by atoms with E-state index >= 15 is 0 Å². The summed E-state index contributed by atoms with van der Waals surface area (Å²) in [5, 5.41) is 2.94. The van der Waals surface area contributed by atoms with Crippen molar-refractivity contribution in [2.75, 3.05) is 39.0 Å². The summed E-state index contributed by atoms with van der Waals surface area (Å²) in [5.74, 6) is -0.169. The van der Waals surface area contributed by atoms with E-state index in [0.717, 1.165) is 5.69 Å². The normalized spacial score (nSPS) is 17.9. The maximum absolute atomic E-state index is 12.5. The first kappa shape index (κ1) is 14.8. The Morgan fingerprint density at radius 1 is 1.15 bits per heavy atom. The van der Waals surface area contributed by atoms with E-state index in [2.05, 4.69) is 5.32 Å². The molecule has 1 aliphatic rings. The topological polar surface area (TPSA) is 69.7 Å². The van der Waals surface area contributed by atoms with Gasteiger partial charge in [0, 0.05) is 32.9 Å². The molecule has 1 aromatic rings. The minimum Gasteiger partial charge on any atom is -0.388 e. The number of anilines is 1. The minimum atomic E-state index is -3.61. The van der Waals surface area contributed by atoms with Crippen molar-refractivity contribution in [3.8, 4) is 0 Å². The molecule has 0 aromatic heterocycles. The summed E-state index contributed by atoms with van der Waals surface area (Å²) in [6.07, 6.45) is 0.649. The van der Waals surface area contributed by atoms with Gasteiger partial charge in [-0.2, -0.15) is 4.31 Å². The molecular formula is C13H19N3O3S. The van der Waals surface area contributed by atoms with Gasteiger partial charge in [-0.25, -0.2) is 8.42 Å². The third kappa shape index (κ3) is 2.94. The van der Waals surface area contributed by atoms with Crippen LogP contribution in [0.4, 0.5) is 5.69 Å². The number of hydrogen-bond acceptors (Lipinski definition) is 4. The molecule has 1 heterocycles. The Morgan fingerprint density at radius 2 is 1.80 bits per heavy atom. The van der Waals surface area contributed by atoms with Crippen LogP contribution in [0.5, 0.6) is 0 Å². The Balaban J connectivity index is 2.26. The molecule has 1 amide bonds. The SMILES string of the molecule is CNc1ccc(S(=O)(=O)N2CCCN(C)C(=O)C2)cc1. The van der Waals surface area contributed by atoms with E-state index in [9.17, 15) is 13.2 Å². The molecular weight excluding hydrogens is 278 g/mol. The fraction of sp³-hybridized carbons (Fsp3) is 0.462. The molecule has 0 unspecified atom stereocenters. The molecule has 6 nitrogen and oxygen atoms in total. The van der Waals surface area contributed by atoms with E-state index < -0.39 is 10.0 Å². The summed E-state index contributed by atoms with van der Waals surface area (Å²) in [7, 11) is -0.143. The van der Waals surface area contributed by atoms with E-state index in [4.69, 9.17) is 0 Å². The third-order valence-corrected chi connectivity index (χ3v) is 5.28. The van der Waals surface area contributed by atoms with Crippen LogP contribution in [0.3, 0.4) is 0 Å². The number of carbonyl (C=O) groups excluding carboxylic acids is 1. The van der Waals surface area contributed by atoms with Crippen molar-refractivity contribution in [1.29, 1.82) is 0 Å². The van der Waals surface area contributed by atoms with Crippen molar-refractivity contribution in [3.05, 3.63) is 24.3 Å². The second-order valence-corrected chi connectivity index (χ2v) is 6.72. The van der Waals surface area contributed by atoms with Gasteiger partial charge in [-0.15, -0.1) is 0 Å². The number of benzene rings is 1. The van der Waals surface area contributed by atoms with Crippen molar-refractivity contribution in [2.45, 2.75) is 11.3 Å². The highest BCUT2D eigenvalue weighted by atomic mass is 32.2. The van der Waals surface area contributed by atoms with Crippen LogP contribution in [-0.2, 0) is 14.8 Å². The number of hydrogen-bond donors (Lipinski definition) is 1. The van der Waals surface area contributed by atoms with Crippen LogP contribution in [0.15, 0.2) is 29.2 Å². The van der Waals surface area contributed by atoms with E-state index in [-0.39, 0.29) is 17.3 Å². The van der Waals surface area contributed by atoms with Crippen molar-refractivity contribution < 1.29 is 13.2 Å². The predicted octanol–water partition coefficient (Wildman–Crippen LogP) is 0.581. The molecule has 7 heteroatoms. The minimum absolute atomic E-state index is 0.0907. The molecule has 0 bridgehead atoms. The average molecular weight is 297 g/mol. The zero-order valence-electron chi connectivity index (χ0n) is 11.7. The molecule has 1 fully saturated rings. The summed E-state index contributed by atoms with van der Waals surface area (Å²) in [4.78, 5) is 13.6. The van der Waals surface area contributed by atoms with Crippen LogP contribution >= 0.6 is 0 Å². The molecule has 0 radical (unpaired) electrons. The van der Waals surface area contributed by atoms with Crippen molar-refractivity contribution in [3.63, 3.8) is 0 Å². The molecule has 1 N–H and O–H groups in total. The van der Waals surface area contributed by atoms with E-state index in [1.807, 2.05) is 0 Å². The van der Waals surface area contributed by atoms with Crippen molar-refractivity contribution in [1.82, 2.24) is 9.21 Å². The van der Waals surface area contributed by atoms with Gasteiger partial charge in [0.1, 0.15) is 0 Å². The van der Waals surface area contributed by atoms with Crippen LogP contribution < -0.4 is 5.32 Å². The molecule has 0 atom stereocenters. The lowest BCUT2D eigenvalue weighted by Gasteiger charge is -2.19. The Morgan fingerprint density at radius 3 is 2.40 bits per heavy atom. The van der Waals surface area contributed by atoms with Gasteiger partial charge in [0.05, 0.1) is 11.4 Å². The zero-order valence-corrected chi connectivity index (χ0v) is 12.5. The van der Waals surface area contributed by atoms with Gasteiger partial charge in [0.25, 0.3) is 0 Å². The number of likely N-dealkylation sites (N-methyl/N-ethyl adjacent to an activating group) is 1. The first-order valence-electron chi connectivity index (χ1n) is 6.47. The molecule has 2 rings (SSSR count). The van der Waals surface area contributed by atoms with Crippen molar-refractivity contribution >= 4 is 21.6 Å². The van der Waals surface area contributed by atoms with Gasteiger partial charge >= 0.3 is 0 Å². The van der Waals surface area contributed by atoms with E-state index in [1.165, 1.54) is 4.31 Å². The lowest BCUT2D eigenvalue weighted by atomic mass is 10.3. The van der Waals surface area contributed by atoms with Crippen LogP contribution in [0.1, 0.15) is 6.42 Å². The molecule has 110 valence electrons. The summed E-state index contributed by atoms with van der Waals surface area (Å²) >= 11 is 0. The van der Waals surface area contributed by atoms with Gasteiger partial charge in [0.15, 0.2) is 0 Å². The Hall–Kier alpha value is -1.60. The fourth-order valence-corrected chi connectivity index (χ4v) is 3.54. The second-order valence-electron chi connectivity index (χ2n) is 4.78. The van der Waals surface area contributed by atoms with Gasteiger partial charge in [0.2, 0.25) is 15.9 Å². The molecule has 1 aromatic carbocycles. The number of sulfonamides is 1. The standard InChI is InChI=1S/C13H19N3O3S/c1-14-11-4-6-12(7-5-11)20(18,19)16-9-3-8-15(2)13(17)10-16/h4-7,14H,3,8-10H2,1-2H3. The molecule has 1 saturated heterocycles. The molecule has 1 aliphatic heterocycles. The monoisotopic (exact) mass is 297 g/mol. The first-order valence-corrected chi connectivity index (χ1v) is 7.91. The lowest BCUT2D eigenvalue weighted by Crippen LogP contribution is -2.37. The van der Waals surface area contributed by atoms with Gasteiger partial charge in [-0.05, 0) is 30.7 Å². The van der Waals surface area contributed by atoms with Crippen LogP contribution in [0.25, 0.3) is 0 Å². The van der Waals surface area contributed by atoms with Crippen LogP contribution in [-0.4, -0.2) is 57.3 Å². The highest BCUT2D eigenvalue weighted by Crippen LogP contribution is 2.19. The number of amides is 1. The largest absolute Gasteiger partial charge is 0.388 e. The predicted molar refractivity (Wildman–Crippen MR) is 77.0 cm³/mol. The van der Waals surface area contributed by atoms with Gasteiger partial charge < -0.3 is 10.2 Å². The number of nitrogens with zero attached hydrogens (tertiary/aromatic N) is 2. The van der Waals surface area contributed by atoms with Gasteiger partial charge in [-0.3, -0.25) is 4.79 Å². The average Bonchev–Trinajstić information content (AvgIpc) is 2.61. The Bertz CT molecular complexity index is 583. The summed E-state index contributed by atoms with van der Waals surface area (Å²) < 4.78 is 26.3. The smallest absolute Gasteiger partial charge is 0.243 e. The molecule has 20 heavy (non-hydrogen) atoms. The number of nitrogens with one attached hydrogen (secondary N) is 1. The lowest BCUT2D eigenvalue weighted by molar-refractivity contribution is -0.129. The third-order valence-electron chi connectivity index (χ3n) is 3.42. The summed E-state index contributed by atoms with van der Waals surface area (Å²) in [5.41, 5.74) is 0.843.